The number of hydrogen-bond acceptors (Lipinski definition) is 2. The lowest BCUT2D eigenvalue weighted by atomic mass is 10.2. The van der Waals surface area contributed by atoms with E-state index in [0.29, 0.717) is 10.6 Å². The van der Waals surface area contributed by atoms with Gasteiger partial charge in [0.1, 0.15) is 5.82 Å². The minimum Gasteiger partial charge on any atom is -0.478 e. The highest BCUT2D eigenvalue weighted by molar-refractivity contribution is 7.98. The Morgan fingerprint density at radius 3 is 2.50 bits per heavy atom. The highest BCUT2D eigenvalue weighted by Gasteiger charge is 2.08. The maximum absolute atomic E-state index is 13.6. The van der Waals surface area contributed by atoms with Crippen molar-refractivity contribution >= 4 is 17.7 Å². The van der Waals surface area contributed by atoms with Gasteiger partial charge in [-0.05, 0) is 23.8 Å². The molecule has 0 aromatic heterocycles. The number of carboxylic acids is 1. The standard InChI is InChI=1S/C14H11FO2S/c15-12-8-11(14(16)17)6-7-13(12)18-9-10-4-2-1-3-5-10/h1-8H,9H2,(H,16,17). The number of aromatic carboxylic acids is 1. The summed E-state index contributed by atoms with van der Waals surface area (Å²) in [4.78, 5) is 11.1. The van der Waals surface area contributed by atoms with Crippen LogP contribution in [0, 0.1) is 5.82 Å². The van der Waals surface area contributed by atoms with E-state index in [2.05, 4.69) is 0 Å². The zero-order valence-electron chi connectivity index (χ0n) is 9.47. The van der Waals surface area contributed by atoms with Gasteiger partial charge in [0.2, 0.25) is 0 Å². The Kier molecular flexibility index (Phi) is 3.99. The molecule has 1 N–H and O–H groups in total. The summed E-state index contributed by atoms with van der Waals surface area (Å²) in [6.07, 6.45) is 0. The molecule has 0 saturated heterocycles. The van der Waals surface area contributed by atoms with Crippen LogP contribution in [0.5, 0.6) is 0 Å². The van der Waals surface area contributed by atoms with Gasteiger partial charge in [-0.2, -0.15) is 0 Å². The largest absolute Gasteiger partial charge is 0.478 e. The molecule has 2 rings (SSSR count). The van der Waals surface area contributed by atoms with Gasteiger partial charge in [-0.25, -0.2) is 9.18 Å². The van der Waals surface area contributed by atoms with Crippen LogP contribution in [0.15, 0.2) is 53.4 Å². The van der Waals surface area contributed by atoms with Crippen molar-refractivity contribution in [3.8, 4) is 0 Å². The molecular formula is C14H11FO2S. The lowest BCUT2D eigenvalue weighted by Gasteiger charge is -2.04. The van der Waals surface area contributed by atoms with Crippen LogP contribution >= 0.6 is 11.8 Å². The number of benzene rings is 2. The lowest BCUT2D eigenvalue weighted by molar-refractivity contribution is 0.0696. The van der Waals surface area contributed by atoms with Crippen molar-refractivity contribution < 1.29 is 14.3 Å². The van der Waals surface area contributed by atoms with Gasteiger partial charge in [-0.3, -0.25) is 0 Å². The van der Waals surface area contributed by atoms with Gasteiger partial charge in [-0.15, -0.1) is 11.8 Å². The van der Waals surface area contributed by atoms with Crippen LogP contribution in [0.25, 0.3) is 0 Å². The summed E-state index contributed by atoms with van der Waals surface area (Å²) in [5.74, 6) is -0.950. The third kappa shape index (κ3) is 3.11. The second-order valence-electron chi connectivity index (χ2n) is 3.72. The molecule has 0 atom stereocenters. The van der Waals surface area contributed by atoms with E-state index in [4.69, 9.17) is 5.11 Å². The van der Waals surface area contributed by atoms with Gasteiger partial charge in [0, 0.05) is 10.6 Å². The first-order valence-corrected chi connectivity index (χ1v) is 6.35. The van der Waals surface area contributed by atoms with Crippen LogP contribution in [0.3, 0.4) is 0 Å². The van der Waals surface area contributed by atoms with Crippen LogP contribution in [-0.4, -0.2) is 11.1 Å². The van der Waals surface area contributed by atoms with Crippen LogP contribution in [0.2, 0.25) is 0 Å². The van der Waals surface area contributed by atoms with Crippen LogP contribution in [0.1, 0.15) is 15.9 Å². The van der Waals surface area contributed by atoms with E-state index in [1.165, 1.54) is 23.9 Å². The second kappa shape index (κ2) is 5.69. The maximum atomic E-state index is 13.6. The summed E-state index contributed by atoms with van der Waals surface area (Å²) in [7, 11) is 0. The molecule has 0 aliphatic rings. The van der Waals surface area contributed by atoms with Gasteiger partial charge in [0.15, 0.2) is 0 Å². The fourth-order valence-electron chi connectivity index (χ4n) is 1.49. The van der Waals surface area contributed by atoms with Crippen molar-refractivity contribution in [2.45, 2.75) is 10.6 Å². The van der Waals surface area contributed by atoms with Gasteiger partial charge < -0.3 is 5.11 Å². The summed E-state index contributed by atoms with van der Waals surface area (Å²) in [6, 6.07) is 13.7. The summed E-state index contributed by atoms with van der Waals surface area (Å²) in [5.41, 5.74) is 1.07. The Bertz CT molecular complexity index is 555. The number of rotatable bonds is 4. The Hall–Kier alpha value is -1.81. The van der Waals surface area contributed by atoms with E-state index in [9.17, 15) is 9.18 Å². The van der Waals surface area contributed by atoms with Crippen LogP contribution in [-0.2, 0) is 5.75 Å². The summed E-state index contributed by atoms with van der Waals surface area (Å²) in [6.45, 7) is 0. The van der Waals surface area contributed by atoms with E-state index < -0.39 is 11.8 Å². The highest BCUT2D eigenvalue weighted by atomic mass is 32.2. The topological polar surface area (TPSA) is 37.3 Å². The molecule has 4 heteroatoms. The molecule has 0 radical (unpaired) electrons. The van der Waals surface area contributed by atoms with E-state index in [-0.39, 0.29) is 5.56 Å². The average molecular weight is 262 g/mol. The van der Waals surface area contributed by atoms with Crippen molar-refractivity contribution in [3.05, 3.63) is 65.5 Å². The van der Waals surface area contributed by atoms with Gasteiger partial charge in [0.05, 0.1) is 5.56 Å². The molecule has 0 amide bonds. The van der Waals surface area contributed by atoms with Crippen LogP contribution < -0.4 is 0 Å². The molecule has 0 fully saturated rings. The molecular weight excluding hydrogens is 251 g/mol. The molecule has 92 valence electrons. The number of carbonyl (C=O) groups is 1. The molecule has 18 heavy (non-hydrogen) atoms. The predicted octanol–water partition coefficient (Wildman–Crippen LogP) is 3.82. The zero-order valence-corrected chi connectivity index (χ0v) is 10.3. The smallest absolute Gasteiger partial charge is 0.335 e. The maximum Gasteiger partial charge on any atom is 0.335 e. The van der Waals surface area contributed by atoms with E-state index in [1.807, 2.05) is 30.3 Å². The SMILES string of the molecule is O=C(O)c1ccc(SCc2ccccc2)c(F)c1. The number of hydrogen-bond donors (Lipinski definition) is 1. The first-order valence-electron chi connectivity index (χ1n) is 5.36. The fourth-order valence-corrected chi connectivity index (χ4v) is 2.36. The van der Waals surface area contributed by atoms with Gasteiger partial charge >= 0.3 is 5.97 Å². The molecule has 0 spiro atoms. The summed E-state index contributed by atoms with van der Waals surface area (Å²) in [5, 5.41) is 8.73. The predicted molar refractivity (Wildman–Crippen MR) is 69.4 cm³/mol. The van der Waals surface area contributed by atoms with Crippen molar-refractivity contribution in [2.24, 2.45) is 0 Å². The van der Waals surface area contributed by atoms with Crippen molar-refractivity contribution in [3.63, 3.8) is 0 Å². The monoisotopic (exact) mass is 262 g/mol. The van der Waals surface area contributed by atoms with Crippen molar-refractivity contribution in [2.75, 3.05) is 0 Å². The molecule has 0 aliphatic heterocycles. The molecule has 0 unspecified atom stereocenters. The average Bonchev–Trinajstić information content (AvgIpc) is 2.38. The Morgan fingerprint density at radius 2 is 1.89 bits per heavy atom. The highest BCUT2D eigenvalue weighted by Crippen LogP contribution is 2.26. The molecule has 2 aromatic rings. The fraction of sp³-hybridized carbons (Fsp3) is 0.0714. The van der Waals surface area contributed by atoms with E-state index >= 15 is 0 Å². The number of halogens is 1. The summed E-state index contributed by atoms with van der Waals surface area (Å²) >= 11 is 1.35. The summed E-state index contributed by atoms with van der Waals surface area (Å²) < 4.78 is 13.6. The van der Waals surface area contributed by atoms with E-state index in [1.54, 1.807) is 0 Å². The second-order valence-corrected chi connectivity index (χ2v) is 4.74. The molecule has 0 saturated carbocycles. The quantitative estimate of drug-likeness (QED) is 0.851. The van der Waals surface area contributed by atoms with E-state index in [0.717, 1.165) is 11.6 Å². The van der Waals surface area contributed by atoms with Crippen molar-refractivity contribution in [1.29, 1.82) is 0 Å². The Balaban J connectivity index is 2.08. The number of thioether (sulfide) groups is 1. The van der Waals surface area contributed by atoms with Crippen LogP contribution in [0.4, 0.5) is 4.39 Å². The first kappa shape index (κ1) is 12.6. The Morgan fingerprint density at radius 1 is 1.17 bits per heavy atom. The Labute approximate surface area is 108 Å². The van der Waals surface area contributed by atoms with Gasteiger partial charge in [-0.1, -0.05) is 30.3 Å². The molecule has 2 nitrogen and oxygen atoms in total. The van der Waals surface area contributed by atoms with Crippen molar-refractivity contribution in [1.82, 2.24) is 0 Å². The normalized spacial score (nSPS) is 10.3. The lowest BCUT2D eigenvalue weighted by Crippen LogP contribution is -1.97. The minimum atomic E-state index is -1.12. The third-order valence-corrected chi connectivity index (χ3v) is 3.54. The first-order chi connectivity index (χ1) is 8.66. The zero-order chi connectivity index (χ0) is 13.0. The minimum absolute atomic E-state index is 0.0310. The third-order valence-electron chi connectivity index (χ3n) is 2.42. The number of carboxylic acid groups (broad SMARTS) is 1. The molecule has 0 bridgehead atoms. The molecule has 0 aliphatic carbocycles. The molecule has 0 heterocycles. The molecule has 2 aromatic carbocycles. The van der Waals surface area contributed by atoms with Gasteiger partial charge in [0.25, 0.3) is 0 Å².